The highest BCUT2D eigenvalue weighted by Crippen LogP contribution is 2.46. The second-order valence-corrected chi connectivity index (χ2v) is 6.93. The summed E-state index contributed by atoms with van der Waals surface area (Å²) in [4.78, 5) is 0. The number of nitrogens with one attached hydrogen (secondary N) is 2. The van der Waals surface area contributed by atoms with Gasteiger partial charge in [-0.2, -0.15) is 18.3 Å². The van der Waals surface area contributed by atoms with Crippen LogP contribution in [-0.4, -0.2) is 21.4 Å². The van der Waals surface area contributed by atoms with Crippen molar-refractivity contribution in [1.82, 2.24) is 15.1 Å². The number of para-hydroxylation sites is 1. The third kappa shape index (κ3) is 4.67. The van der Waals surface area contributed by atoms with Crippen molar-refractivity contribution in [2.45, 2.75) is 37.9 Å². The molecule has 0 spiro atoms. The van der Waals surface area contributed by atoms with Gasteiger partial charge in [-0.15, -0.1) is 0 Å². The van der Waals surface area contributed by atoms with Gasteiger partial charge >= 0.3 is 6.18 Å². The van der Waals surface area contributed by atoms with Gasteiger partial charge in [-0.1, -0.05) is 29.8 Å². The van der Waals surface area contributed by atoms with Gasteiger partial charge in [0, 0.05) is 24.7 Å². The molecule has 2 N–H and O–H groups in total. The lowest BCUT2D eigenvalue weighted by Gasteiger charge is -2.11. The zero-order chi connectivity index (χ0) is 18.7. The molecule has 1 aliphatic rings. The fraction of sp³-hybridized carbons (Fsp3) is 0.412. The fourth-order valence-corrected chi connectivity index (χ4v) is 3.30. The van der Waals surface area contributed by atoms with Crippen molar-refractivity contribution in [3.05, 3.63) is 46.7 Å². The van der Waals surface area contributed by atoms with Crippen LogP contribution in [0.1, 0.15) is 36.6 Å². The number of benzene rings is 1. The minimum Gasteiger partial charge on any atom is -0.362 e. The third-order valence-electron chi connectivity index (χ3n) is 4.03. The van der Waals surface area contributed by atoms with Crippen LogP contribution in [0.5, 0.6) is 0 Å². The van der Waals surface area contributed by atoms with Crippen LogP contribution in [-0.2, 0) is 12.7 Å². The van der Waals surface area contributed by atoms with Gasteiger partial charge in [-0.3, -0.25) is 4.68 Å². The summed E-state index contributed by atoms with van der Waals surface area (Å²) in [6.45, 7) is 0.865. The SMILES string of the molecule is FC(F)(F)c1nn(CCCNC(=S)Nc2ccccc2)c(C2CC2)c1Cl. The first-order chi connectivity index (χ1) is 12.4. The summed E-state index contributed by atoms with van der Waals surface area (Å²) in [6.07, 6.45) is -2.25. The molecule has 0 atom stereocenters. The molecule has 0 bridgehead atoms. The van der Waals surface area contributed by atoms with E-state index in [1.54, 1.807) is 0 Å². The van der Waals surface area contributed by atoms with E-state index in [1.165, 1.54) is 4.68 Å². The Balaban J connectivity index is 1.54. The van der Waals surface area contributed by atoms with E-state index in [2.05, 4.69) is 15.7 Å². The van der Waals surface area contributed by atoms with Crippen molar-refractivity contribution in [3.8, 4) is 0 Å². The standard InChI is InChI=1S/C17H18ClF3N4S/c18-13-14(11-7-8-11)25(24-15(13)17(19,20)21)10-4-9-22-16(26)23-12-5-2-1-3-6-12/h1-3,5-6,11H,4,7-10H2,(H2,22,23,26). The number of rotatable bonds is 6. The Morgan fingerprint density at radius 2 is 1.96 bits per heavy atom. The summed E-state index contributed by atoms with van der Waals surface area (Å²) in [5, 5.41) is 10.0. The molecule has 1 aromatic heterocycles. The van der Waals surface area contributed by atoms with Gasteiger partial charge in [0.05, 0.1) is 10.7 Å². The average molecular weight is 403 g/mol. The highest BCUT2D eigenvalue weighted by atomic mass is 35.5. The molecule has 3 rings (SSSR count). The molecule has 0 radical (unpaired) electrons. The molecule has 1 saturated carbocycles. The summed E-state index contributed by atoms with van der Waals surface area (Å²) in [5.41, 5.74) is 0.383. The van der Waals surface area contributed by atoms with E-state index in [0.717, 1.165) is 18.5 Å². The minimum atomic E-state index is -4.54. The molecule has 1 fully saturated rings. The molecule has 1 aliphatic carbocycles. The highest BCUT2D eigenvalue weighted by molar-refractivity contribution is 7.80. The maximum Gasteiger partial charge on any atom is 0.436 e. The van der Waals surface area contributed by atoms with Crippen LogP contribution >= 0.6 is 23.8 Å². The number of thiocarbonyl (C=S) groups is 1. The normalized spacial score (nSPS) is 14.3. The number of nitrogens with zero attached hydrogens (tertiary/aromatic N) is 2. The van der Waals surface area contributed by atoms with Gasteiger partial charge in [0.2, 0.25) is 0 Å². The number of halogens is 4. The van der Waals surface area contributed by atoms with E-state index >= 15 is 0 Å². The summed E-state index contributed by atoms with van der Waals surface area (Å²) in [7, 11) is 0. The Kier molecular flexibility index (Phi) is 5.72. The Morgan fingerprint density at radius 1 is 1.27 bits per heavy atom. The van der Waals surface area contributed by atoms with Crippen LogP contribution in [0.2, 0.25) is 5.02 Å². The Hall–Kier alpha value is -1.80. The van der Waals surface area contributed by atoms with Crippen LogP contribution in [0.4, 0.5) is 18.9 Å². The molecule has 1 heterocycles. The molecular formula is C17H18ClF3N4S. The predicted octanol–water partition coefficient (Wildman–Crippen LogP) is 4.81. The molecule has 26 heavy (non-hydrogen) atoms. The number of aryl methyl sites for hydroxylation is 1. The van der Waals surface area contributed by atoms with Gasteiger partial charge in [-0.05, 0) is 43.6 Å². The Labute approximate surface area is 159 Å². The molecule has 9 heteroatoms. The van der Waals surface area contributed by atoms with Gasteiger partial charge in [-0.25, -0.2) is 0 Å². The topological polar surface area (TPSA) is 41.9 Å². The molecule has 4 nitrogen and oxygen atoms in total. The molecule has 0 unspecified atom stereocenters. The second kappa shape index (κ2) is 7.84. The number of hydrogen-bond acceptors (Lipinski definition) is 2. The number of aromatic nitrogens is 2. The lowest BCUT2D eigenvalue weighted by atomic mass is 10.2. The van der Waals surface area contributed by atoms with Gasteiger partial charge in [0.1, 0.15) is 0 Å². The van der Waals surface area contributed by atoms with Crippen molar-refractivity contribution < 1.29 is 13.2 Å². The van der Waals surface area contributed by atoms with Crippen LogP contribution in [0, 0.1) is 0 Å². The molecule has 2 aromatic rings. The first kappa shape index (κ1) is 19.0. The molecule has 1 aromatic carbocycles. The van der Waals surface area contributed by atoms with E-state index in [9.17, 15) is 13.2 Å². The van der Waals surface area contributed by atoms with Crippen molar-refractivity contribution >= 4 is 34.6 Å². The first-order valence-electron chi connectivity index (χ1n) is 8.29. The Bertz CT molecular complexity index is 772. The van der Waals surface area contributed by atoms with Gasteiger partial charge in [0.25, 0.3) is 0 Å². The highest BCUT2D eigenvalue weighted by Gasteiger charge is 2.41. The summed E-state index contributed by atoms with van der Waals surface area (Å²) in [6, 6.07) is 9.47. The van der Waals surface area contributed by atoms with Crippen molar-refractivity contribution in [2.24, 2.45) is 0 Å². The maximum atomic E-state index is 13.0. The van der Waals surface area contributed by atoms with Crippen LogP contribution in [0.25, 0.3) is 0 Å². The van der Waals surface area contributed by atoms with Gasteiger partial charge < -0.3 is 10.6 Å². The zero-order valence-electron chi connectivity index (χ0n) is 13.8. The quantitative estimate of drug-likeness (QED) is 0.537. The van der Waals surface area contributed by atoms with Crippen LogP contribution in [0.15, 0.2) is 30.3 Å². The maximum absolute atomic E-state index is 13.0. The number of alkyl halides is 3. The van der Waals surface area contributed by atoms with E-state index in [0.29, 0.717) is 30.3 Å². The van der Waals surface area contributed by atoms with E-state index in [-0.39, 0.29) is 10.9 Å². The predicted molar refractivity (Wildman–Crippen MR) is 99.5 cm³/mol. The molecule has 140 valence electrons. The average Bonchev–Trinajstić information content (AvgIpc) is 3.35. The first-order valence-corrected chi connectivity index (χ1v) is 9.08. The van der Waals surface area contributed by atoms with Crippen molar-refractivity contribution in [2.75, 3.05) is 11.9 Å². The van der Waals surface area contributed by atoms with Crippen LogP contribution < -0.4 is 10.6 Å². The number of hydrogen-bond donors (Lipinski definition) is 2. The zero-order valence-corrected chi connectivity index (χ0v) is 15.4. The second-order valence-electron chi connectivity index (χ2n) is 6.14. The third-order valence-corrected chi connectivity index (χ3v) is 4.65. The van der Waals surface area contributed by atoms with Crippen molar-refractivity contribution in [3.63, 3.8) is 0 Å². The Morgan fingerprint density at radius 3 is 2.58 bits per heavy atom. The van der Waals surface area contributed by atoms with E-state index < -0.39 is 11.9 Å². The monoisotopic (exact) mass is 402 g/mol. The van der Waals surface area contributed by atoms with Crippen molar-refractivity contribution in [1.29, 1.82) is 0 Å². The molecular weight excluding hydrogens is 385 g/mol. The fourth-order valence-electron chi connectivity index (χ4n) is 2.68. The summed E-state index contributed by atoms with van der Waals surface area (Å²) in [5.74, 6) is 0.0832. The summed E-state index contributed by atoms with van der Waals surface area (Å²) >= 11 is 11.2. The van der Waals surface area contributed by atoms with Crippen LogP contribution in [0.3, 0.4) is 0 Å². The molecule has 0 amide bonds. The van der Waals surface area contributed by atoms with E-state index in [1.807, 2.05) is 30.3 Å². The smallest absolute Gasteiger partial charge is 0.362 e. The number of anilines is 1. The summed E-state index contributed by atoms with van der Waals surface area (Å²) < 4.78 is 40.5. The largest absolute Gasteiger partial charge is 0.436 e. The minimum absolute atomic E-state index is 0.0832. The lowest BCUT2D eigenvalue weighted by molar-refractivity contribution is -0.141. The molecule has 0 saturated heterocycles. The molecule has 0 aliphatic heterocycles. The van der Waals surface area contributed by atoms with E-state index in [4.69, 9.17) is 23.8 Å². The van der Waals surface area contributed by atoms with Gasteiger partial charge in [0.15, 0.2) is 10.8 Å². The lowest BCUT2D eigenvalue weighted by Crippen LogP contribution is -2.29.